The van der Waals surface area contributed by atoms with Crippen molar-refractivity contribution in [3.63, 3.8) is 0 Å². The van der Waals surface area contributed by atoms with E-state index in [4.69, 9.17) is 27.1 Å². The van der Waals surface area contributed by atoms with Crippen molar-refractivity contribution in [1.82, 2.24) is 0 Å². The van der Waals surface area contributed by atoms with Crippen LogP contribution in [-0.4, -0.2) is 0 Å². The molecular weight excluding hydrogens is 839 g/mol. The maximum Gasteiger partial charge on any atom is 0.647 e. The number of benzene rings is 6. The first-order valence-corrected chi connectivity index (χ1v) is 25.2. The van der Waals surface area contributed by atoms with Gasteiger partial charge in [0.15, 0.2) is 0 Å². The molecule has 0 amide bonds. The third-order valence-electron chi connectivity index (χ3n) is 10.5. The van der Waals surface area contributed by atoms with Crippen LogP contribution in [0.1, 0.15) is 152 Å². The van der Waals surface area contributed by atoms with Crippen LogP contribution in [0.2, 0.25) is 0 Å². The average Bonchev–Trinajstić information content (AvgIpc) is 3.24. The fourth-order valence-electron chi connectivity index (χ4n) is 6.42. The molecule has 0 saturated carbocycles. The Hall–Kier alpha value is -5.42. The van der Waals surface area contributed by atoms with E-state index in [0.717, 1.165) is 16.7 Å². The van der Waals surface area contributed by atoms with E-state index >= 15 is 0 Å². The Morgan fingerprint density at radius 2 is 0.469 bits per heavy atom. The maximum atomic E-state index is 13.9. The van der Waals surface area contributed by atoms with Gasteiger partial charge in [-0.15, -0.1) is 0 Å². The van der Waals surface area contributed by atoms with E-state index < -0.39 is 15.6 Å². The van der Waals surface area contributed by atoms with E-state index in [1.807, 2.05) is 91.0 Å². The van der Waals surface area contributed by atoms with Crippen LogP contribution in [0.25, 0.3) is 0 Å². The predicted octanol–water partition coefficient (Wildman–Crippen LogP) is 17.4. The number of hydrogen-bond donors (Lipinski definition) is 0. The Morgan fingerprint density at radius 1 is 0.266 bits per heavy atom. The summed E-state index contributed by atoms with van der Waals surface area (Å²) in [5, 5.41) is 0. The highest BCUT2D eigenvalue weighted by molar-refractivity contribution is 7.50. The van der Waals surface area contributed by atoms with Gasteiger partial charge in [0.2, 0.25) is 0 Å². The molecule has 0 bridgehead atoms. The molecule has 6 aromatic carbocycles. The summed E-state index contributed by atoms with van der Waals surface area (Å²) in [4.78, 5) is 0. The minimum Gasteiger partial charge on any atom is -0.386 e. The summed E-state index contributed by atoms with van der Waals surface area (Å²) in [5.74, 6) is 4.72. The van der Waals surface area contributed by atoms with Crippen LogP contribution in [0.3, 0.4) is 0 Å². The standard InChI is InChI=1S/2C27H33O4P/c1-19(2)22-7-13-25(14-8-22)29-32(28,30-26-15-9-23(10-16-26)20(3)4)31-27-17-11-24(12-18-27)21(5)6;1-19(2)22-10-7-13-25(16-22)29-32(28,30-26-14-8-11-23(17-26)20(3)4)31-27-15-9-12-24(18-27)21(5)6/h2*7-21H,1-6H3. The molecule has 0 heterocycles. The molecule has 0 atom stereocenters. The van der Waals surface area contributed by atoms with Crippen molar-refractivity contribution in [3.05, 3.63) is 179 Å². The third-order valence-corrected chi connectivity index (χ3v) is 13.1. The molecule has 340 valence electrons. The van der Waals surface area contributed by atoms with Crippen LogP contribution in [0.15, 0.2) is 146 Å². The van der Waals surface area contributed by atoms with Gasteiger partial charge in [-0.1, -0.05) is 156 Å². The molecule has 0 aliphatic heterocycles. The fourth-order valence-corrected chi connectivity index (χ4v) is 8.90. The van der Waals surface area contributed by atoms with Crippen molar-refractivity contribution in [1.29, 1.82) is 0 Å². The van der Waals surface area contributed by atoms with Crippen molar-refractivity contribution in [2.24, 2.45) is 0 Å². The van der Waals surface area contributed by atoms with Crippen molar-refractivity contribution >= 4 is 15.6 Å². The van der Waals surface area contributed by atoms with Gasteiger partial charge in [-0.2, -0.15) is 9.13 Å². The van der Waals surface area contributed by atoms with E-state index in [0.29, 0.717) is 70.0 Å². The summed E-state index contributed by atoms with van der Waals surface area (Å²) in [6, 6.07) is 45.1. The molecule has 0 N–H and O–H groups in total. The third kappa shape index (κ3) is 14.8. The van der Waals surface area contributed by atoms with E-state index in [1.165, 1.54) is 16.7 Å². The Balaban J connectivity index is 0.000000241. The molecule has 6 rings (SSSR count). The number of hydrogen-bond acceptors (Lipinski definition) is 8. The first-order chi connectivity index (χ1) is 30.3. The Bertz CT molecular complexity index is 2200. The molecule has 0 spiro atoms. The fraction of sp³-hybridized carbons (Fsp3) is 0.333. The van der Waals surface area contributed by atoms with Crippen LogP contribution in [-0.2, 0) is 9.13 Å². The Kier molecular flexibility index (Phi) is 17.4. The second-order valence-electron chi connectivity index (χ2n) is 17.8. The molecule has 0 radical (unpaired) electrons. The second-order valence-corrected chi connectivity index (χ2v) is 20.7. The minimum absolute atomic E-state index is 0.310. The van der Waals surface area contributed by atoms with Crippen LogP contribution >= 0.6 is 15.6 Å². The monoisotopic (exact) mass is 904 g/mol. The topological polar surface area (TPSA) is 89.5 Å². The first-order valence-electron chi connectivity index (χ1n) is 22.3. The summed E-state index contributed by atoms with van der Waals surface area (Å²) < 4.78 is 62.8. The van der Waals surface area contributed by atoms with Crippen molar-refractivity contribution < 1.29 is 36.3 Å². The van der Waals surface area contributed by atoms with Gasteiger partial charge >= 0.3 is 15.6 Å². The highest BCUT2D eigenvalue weighted by Crippen LogP contribution is 2.52. The van der Waals surface area contributed by atoms with Gasteiger partial charge in [-0.3, -0.25) is 0 Å². The summed E-state index contributed by atoms with van der Waals surface area (Å²) in [6.45, 7) is 25.3. The van der Waals surface area contributed by atoms with Gasteiger partial charge in [0.25, 0.3) is 0 Å². The number of phosphoric ester groups is 2. The smallest absolute Gasteiger partial charge is 0.386 e. The van der Waals surface area contributed by atoms with Crippen LogP contribution < -0.4 is 27.1 Å². The van der Waals surface area contributed by atoms with Crippen LogP contribution in [0.4, 0.5) is 0 Å². The minimum atomic E-state index is -4.04. The quantitative estimate of drug-likeness (QED) is 0.0788. The number of phosphoric acid groups is 2. The average molecular weight is 905 g/mol. The van der Waals surface area contributed by atoms with Crippen molar-refractivity contribution in [2.75, 3.05) is 0 Å². The van der Waals surface area contributed by atoms with Gasteiger partial charge in [-0.25, -0.2) is 0 Å². The maximum absolute atomic E-state index is 13.9. The molecule has 0 unspecified atom stereocenters. The molecule has 0 aliphatic carbocycles. The lowest BCUT2D eigenvalue weighted by molar-refractivity contribution is 0.296. The first kappa shape index (κ1) is 49.6. The van der Waals surface area contributed by atoms with Gasteiger partial charge in [0.1, 0.15) is 34.5 Å². The summed E-state index contributed by atoms with van der Waals surface area (Å²) in [7, 11) is -8.04. The van der Waals surface area contributed by atoms with E-state index in [1.54, 1.807) is 54.6 Å². The molecule has 10 heteroatoms. The molecule has 64 heavy (non-hydrogen) atoms. The lowest BCUT2D eigenvalue weighted by atomic mass is 10.0. The zero-order chi connectivity index (χ0) is 46.6. The lowest BCUT2D eigenvalue weighted by Crippen LogP contribution is -2.08. The molecule has 0 fully saturated rings. The molecule has 8 nitrogen and oxygen atoms in total. The van der Waals surface area contributed by atoms with Gasteiger partial charge in [-0.05, 0) is 142 Å². The highest BCUT2D eigenvalue weighted by atomic mass is 31.2. The summed E-state index contributed by atoms with van der Waals surface area (Å²) in [6.07, 6.45) is 0. The zero-order valence-electron chi connectivity index (χ0n) is 39.5. The zero-order valence-corrected chi connectivity index (χ0v) is 41.3. The van der Waals surface area contributed by atoms with Crippen molar-refractivity contribution in [3.8, 4) is 34.5 Å². The molecule has 0 aromatic heterocycles. The molecule has 0 aliphatic rings. The molecule has 0 saturated heterocycles. The lowest BCUT2D eigenvalue weighted by Gasteiger charge is -2.21. The predicted molar refractivity (Wildman–Crippen MR) is 262 cm³/mol. The van der Waals surface area contributed by atoms with Gasteiger partial charge < -0.3 is 27.1 Å². The number of rotatable bonds is 18. The largest absolute Gasteiger partial charge is 0.647 e. The van der Waals surface area contributed by atoms with Gasteiger partial charge in [0, 0.05) is 0 Å². The van der Waals surface area contributed by atoms with E-state index in [-0.39, 0.29) is 0 Å². The molecule has 6 aromatic rings. The van der Waals surface area contributed by atoms with Gasteiger partial charge in [0.05, 0.1) is 0 Å². The Morgan fingerprint density at radius 3 is 0.672 bits per heavy atom. The second kappa shape index (κ2) is 22.5. The highest BCUT2D eigenvalue weighted by Gasteiger charge is 2.35. The molecular formula is C54H66O8P2. The van der Waals surface area contributed by atoms with E-state index in [9.17, 15) is 9.13 Å². The van der Waals surface area contributed by atoms with Crippen LogP contribution in [0, 0.1) is 0 Å². The Labute approximate surface area is 382 Å². The SMILES string of the molecule is CC(C)c1ccc(OP(=O)(Oc2ccc(C(C)C)cc2)Oc2ccc(C(C)C)cc2)cc1.CC(C)c1cccc(OP(=O)(Oc2cccc(C(C)C)c2)Oc2cccc(C(C)C)c2)c1. The van der Waals surface area contributed by atoms with Crippen molar-refractivity contribution in [2.45, 2.75) is 119 Å². The normalized spacial score (nSPS) is 11.8. The summed E-state index contributed by atoms with van der Waals surface area (Å²) >= 11 is 0. The van der Waals surface area contributed by atoms with E-state index in [2.05, 4.69) is 83.1 Å². The van der Waals surface area contributed by atoms with Crippen LogP contribution in [0.5, 0.6) is 34.5 Å². The summed E-state index contributed by atoms with van der Waals surface area (Å²) in [5.41, 5.74) is 6.75.